The minimum atomic E-state index is -3.37. The van der Waals surface area contributed by atoms with Crippen LogP contribution in [0.3, 0.4) is 0 Å². The van der Waals surface area contributed by atoms with Crippen molar-refractivity contribution in [3.8, 4) is 0 Å². The molecule has 1 rings (SSSR count). The molecule has 1 heterocycles. The summed E-state index contributed by atoms with van der Waals surface area (Å²) in [4.78, 5) is 22.1. The number of rotatable bonds is 6. The molecule has 1 amide bonds. The van der Waals surface area contributed by atoms with Crippen molar-refractivity contribution in [3.05, 3.63) is 17.6 Å². The molecule has 0 aromatic carbocycles. The van der Waals surface area contributed by atoms with Gasteiger partial charge in [0.15, 0.2) is 0 Å². The molecule has 1 aromatic heterocycles. The lowest BCUT2D eigenvalue weighted by atomic mass is 10.4. The Kier molecular flexibility index (Phi) is 5.62. The highest BCUT2D eigenvalue weighted by molar-refractivity contribution is 7.88. The van der Waals surface area contributed by atoms with Crippen LogP contribution in [-0.4, -0.2) is 62.5 Å². The molecule has 0 aliphatic rings. The van der Waals surface area contributed by atoms with Gasteiger partial charge in [-0.1, -0.05) is 0 Å². The van der Waals surface area contributed by atoms with Gasteiger partial charge in [0.05, 0.1) is 19.3 Å². The fraction of sp³-hybridized carbons (Fsp3) is 0.583. The highest BCUT2D eigenvalue weighted by Crippen LogP contribution is 2.08. The molecular weight excluding hydrogens is 294 g/mol. The first kappa shape index (κ1) is 17.3. The molecule has 21 heavy (non-hydrogen) atoms. The van der Waals surface area contributed by atoms with Crippen molar-refractivity contribution in [2.45, 2.75) is 13.5 Å². The predicted molar refractivity (Wildman–Crippen MR) is 80.4 cm³/mol. The van der Waals surface area contributed by atoms with Crippen LogP contribution in [0, 0.1) is 6.92 Å². The van der Waals surface area contributed by atoms with Crippen LogP contribution in [0.15, 0.2) is 6.07 Å². The zero-order valence-electron chi connectivity index (χ0n) is 12.9. The topological polar surface area (TPSA) is 95.5 Å². The molecule has 0 bridgehead atoms. The standard InChI is InChI=1S/C12H21N5O3S/c1-9-6-11(16(2)3)15-10(14-9)7-13-12(18)8-17(4)21(5,19)20/h6H,7-8H2,1-5H3,(H,13,18). The smallest absolute Gasteiger partial charge is 0.235 e. The van der Waals surface area contributed by atoms with E-state index in [0.717, 1.165) is 22.1 Å². The summed E-state index contributed by atoms with van der Waals surface area (Å²) in [7, 11) is 1.71. The first-order valence-electron chi connectivity index (χ1n) is 6.29. The third kappa shape index (κ3) is 5.64. The molecule has 0 atom stereocenters. The highest BCUT2D eigenvalue weighted by Gasteiger charge is 2.15. The highest BCUT2D eigenvalue weighted by atomic mass is 32.2. The summed E-state index contributed by atoms with van der Waals surface area (Å²) in [6.07, 6.45) is 1.05. The van der Waals surface area contributed by atoms with Crippen LogP contribution in [0.1, 0.15) is 11.5 Å². The van der Waals surface area contributed by atoms with Gasteiger partial charge in [0, 0.05) is 32.9 Å². The summed E-state index contributed by atoms with van der Waals surface area (Å²) in [5.41, 5.74) is 0.797. The molecule has 0 aliphatic carbocycles. The molecule has 1 N–H and O–H groups in total. The van der Waals surface area contributed by atoms with Crippen molar-refractivity contribution in [1.29, 1.82) is 0 Å². The van der Waals surface area contributed by atoms with E-state index in [9.17, 15) is 13.2 Å². The summed E-state index contributed by atoms with van der Waals surface area (Å²) in [5, 5.41) is 2.61. The number of nitrogens with zero attached hydrogens (tertiary/aromatic N) is 4. The lowest BCUT2D eigenvalue weighted by Gasteiger charge is -2.15. The van der Waals surface area contributed by atoms with Crippen LogP contribution in [0.4, 0.5) is 5.82 Å². The van der Waals surface area contributed by atoms with Crippen LogP contribution in [-0.2, 0) is 21.4 Å². The molecule has 0 saturated carbocycles. The monoisotopic (exact) mass is 315 g/mol. The Balaban J connectivity index is 2.65. The SMILES string of the molecule is Cc1cc(N(C)C)nc(CNC(=O)CN(C)S(C)(=O)=O)n1. The number of carbonyl (C=O) groups is 1. The van der Waals surface area contributed by atoms with Crippen LogP contribution >= 0.6 is 0 Å². The minimum Gasteiger partial charge on any atom is -0.363 e. The van der Waals surface area contributed by atoms with Crippen LogP contribution in [0.25, 0.3) is 0 Å². The molecule has 0 radical (unpaired) electrons. The Morgan fingerprint density at radius 2 is 1.90 bits per heavy atom. The Labute approximate surface area is 125 Å². The molecule has 8 nitrogen and oxygen atoms in total. The van der Waals surface area contributed by atoms with E-state index in [1.54, 1.807) is 0 Å². The van der Waals surface area contributed by atoms with Gasteiger partial charge in [-0.3, -0.25) is 4.79 Å². The number of aryl methyl sites for hydroxylation is 1. The number of anilines is 1. The predicted octanol–water partition coefficient (Wildman–Crippen LogP) is -0.641. The third-order valence-electron chi connectivity index (χ3n) is 2.72. The van der Waals surface area contributed by atoms with Gasteiger partial charge in [-0.2, -0.15) is 4.31 Å². The fourth-order valence-corrected chi connectivity index (χ4v) is 1.83. The first-order valence-corrected chi connectivity index (χ1v) is 8.14. The normalized spacial score (nSPS) is 11.5. The summed E-state index contributed by atoms with van der Waals surface area (Å²) in [6.45, 7) is 1.77. The number of carbonyl (C=O) groups excluding carboxylic acids is 1. The minimum absolute atomic E-state index is 0.152. The third-order valence-corrected chi connectivity index (χ3v) is 3.98. The quantitative estimate of drug-likeness (QED) is 0.750. The van der Waals surface area contributed by atoms with E-state index in [-0.39, 0.29) is 13.1 Å². The van der Waals surface area contributed by atoms with Gasteiger partial charge in [0.25, 0.3) is 0 Å². The van der Waals surface area contributed by atoms with Crippen molar-refractivity contribution in [3.63, 3.8) is 0 Å². The van der Waals surface area contributed by atoms with Crippen molar-refractivity contribution in [1.82, 2.24) is 19.6 Å². The average Bonchev–Trinajstić information content (AvgIpc) is 2.34. The number of hydrogen-bond acceptors (Lipinski definition) is 6. The number of aromatic nitrogens is 2. The van der Waals surface area contributed by atoms with Gasteiger partial charge in [0.1, 0.15) is 11.6 Å². The second kappa shape index (κ2) is 6.81. The molecular formula is C12H21N5O3S. The Morgan fingerprint density at radius 3 is 2.43 bits per heavy atom. The van der Waals surface area contributed by atoms with Gasteiger partial charge < -0.3 is 10.2 Å². The molecule has 0 saturated heterocycles. The first-order chi connectivity index (χ1) is 9.59. The van der Waals surface area contributed by atoms with E-state index in [4.69, 9.17) is 0 Å². The Hall–Kier alpha value is -1.74. The van der Waals surface area contributed by atoms with Crippen molar-refractivity contribution < 1.29 is 13.2 Å². The molecule has 9 heteroatoms. The summed E-state index contributed by atoms with van der Waals surface area (Å²) < 4.78 is 23.4. The Bertz CT molecular complexity index is 615. The van der Waals surface area contributed by atoms with Gasteiger partial charge in [-0.05, 0) is 6.92 Å². The van der Waals surface area contributed by atoms with E-state index in [0.29, 0.717) is 5.82 Å². The zero-order chi connectivity index (χ0) is 16.2. The number of likely N-dealkylation sites (N-methyl/N-ethyl adjacent to an activating group) is 1. The molecule has 1 aromatic rings. The van der Waals surface area contributed by atoms with E-state index in [2.05, 4.69) is 15.3 Å². The number of amides is 1. The van der Waals surface area contributed by atoms with E-state index in [1.807, 2.05) is 32.0 Å². The number of sulfonamides is 1. The fourth-order valence-electron chi connectivity index (χ4n) is 1.47. The van der Waals surface area contributed by atoms with Crippen LogP contribution < -0.4 is 10.2 Å². The second-order valence-electron chi connectivity index (χ2n) is 4.97. The van der Waals surface area contributed by atoms with E-state index >= 15 is 0 Å². The molecule has 0 aliphatic heterocycles. The maximum absolute atomic E-state index is 11.7. The zero-order valence-corrected chi connectivity index (χ0v) is 13.7. The van der Waals surface area contributed by atoms with Gasteiger partial charge in [-0.25, -0.2) is 18.4 Å². The van der Waals surface area contributed by atoms with Crippen molar-refractivity contribution in [2.75, 3.05) is 38.8 Å². The van der Waals surface area contributed by atoms with Crippen LogP contribution in [0.2, 0.25) is 0 Å². The second-order valence-corrected chi connectivity index (χ2v) is 7.06. The maximum atomic E-state index is 11.7. The van der Waals surface area contributed by atoms with Gasteiger partial charge in [-0.15, -0.1) is 0 Å². The molecule has 118 valence electrons. The van der Waals surface area contributed by atoms with Crippen molar-refractivity contribution >= 4 is 21.7 Å². The maximum Gasteiger partial charge on any atom is 0.235 e. The summed E-state index contributed by atoms with van der Waals surface area (Å²) >= 11 is 0. The molecule has 0 fully saturated rings. The molecule has 0 spiro atoms. The lowest BCUT2D eigenvalue weighted by Crippen LogP contribution is -2.37. The van der Waals surface area contributed by atoms with Gasteiger partial charge in [0.2, 0.25) is 15.9 Å². The number of nitrogens with one attached hydrogen (secondary N) is 1. The van der Waals surface area contributed by atoms with Crippen LogP contribution in [0.5, 0.6) is 0 Å². The lowest BCUT2D eigenvalue weighted by molar-refractivity contribution is -0.121. The Morgan fingerprint density at radius 1 is 1.29 bits per heavy atom. The molecule has 0 unspecified atom stereocenters. The van der Waals surface area contributed by atoms with E-state index in [1.165, 1.54) is 7.05 Å². The summed E-state index contributed by atoms with van der Waals surface area (Å²) in [5.74, 6) is 0.827. The van der Waals surface area contributed by atoms with E-state index < -0.39 is 15.9 Å². The summed E-state index contributed by atoms with van der Waals surface area (Å²) in [6, 6.07) is 1.84. The van der Waals surface area contributed by atoms with Crippen molar-refractivity contribution in [2.24, 2.45) is 0 Å². The number of hydrogen-bond donors (Lipinski definition) is 1. The average molecular weight is 315 g/mol. The van der Waals surface area contributed by atoms with Gasteiger partial charge >= 0.3 is 0 Å². The largest absolute Gasteiger partial charge is 0.363 e.